The molecule has 9 heteroatoms. The Kier molecular flexibility index (Phi) is 4.52. The highest BCUT2D eigenvalue weighted by Gasteiger charge is 2.51. The third-order valence-electron chi connectivity index (χ3n) is 5.19. The standard InChI is InChI=1S/C19H22F2N6S/c1-18(2,3)15-13(21)7-24-17(25-15)27-8-11-9-28-16(22)26-19(11,10-27)14-5-4-12(20)6-23-14/h4-7,11H,8-10H2,1-3H3,(H2,22,26). The highest BCUT2D eigenvalue weighted by Crippen LogP contribution is 2.45. The van der Waals surface area contributed by atoms with Crippen molar-refractivity contribution >= 4 is 22.9 Å². The summed E-state index contributed by atoms with van der Waals surface area (Å²) in [6, 6.07) is 3.04. The topological polar surface area (TPSA) is 80.3 Å². The second-order valence-electron chi connectivity index (χ2n) is 8.24. The molecule has 1 fully saturated rings. The Hall–Kier alpha value is -2.29. The van der Waals surface area contributed by atoms with Gasteiger partial charge in [-0.3, -0.25) is 4.98 Å². The van der Waals surface area contributed by atoms with Crippen LogP contribution in [0.3, 0.4) is 0 Å². The summed E-state index contributed by atoms with van der Waals surface area (Å²) in [6.07, 6.45) is 2.42. The fraction of sp³-hybridized carbons (Fsp3) is 0.474. The van der Waals surface area contributed by atoms with E-state index < -0.39 is 22.6 Å². The van der Waals surface area contributed by atoms with Gasteiger partial charge in [0.25, 0.3) is 0 Å². The molecule has 2 aromatic heterocycles. The molecule has 0 bridgehead atoms. The van der Waals surface area contributed by atoms with Gasteiger partial charge in [0.15, 0.2) is 11.0 Å². The quantitative estimate of drug-likeness (QED) is 0.829. The maximum atomic E-state index is 14.2. The molecule has 2 atom stereocenters. The van der Waals surface area contributed by atoms with E-state index in [1.165, 1.54) is 30.2 Å². The number of nitrogens with zero attached hydrogens (tertiary/aromatic N) is 5. The molecule has 148 valence electrons. The summed E-state index contributed by atoms with van der Waals surface area (Å²) in [5.74, 6) is 0.513. The van der Waals surface area contributed by atoms with Crippen LogP contribution in [0.5, 0.6) is 0 Å². The van der Waals surface area contributed by atoms with E-state index in [0.717, 1.165) is 5.75 Å². The van der Waals surface area contributed by atoms with Crippen LogP contribution in [0.15, 0.2) is 29.5 Å². The van der Waals surface area contributed by atoms with Gasteiger partial charge in [0.05, 0.1) is 30.3 Å². The van der Waals surface area contributed by atoms with Gasteiger partial charge in [0, 0.05) is 23.6 Å². The van der Waals surface area contributed by atoms with Crippen LogP contribution in [0.25, 0.3) is 0 Å². The number of aliphatic imine (C=N–C) groups is 1. The zero-order valence-electron chi connectivity index (χ0n) is 16.0. The normalized spacial score (nSPS) is 24.8. The molecule has 0 saturated carbocycles. The number of hydrogen-bond acceptors (Lipinski definition) is 7. The van der Waals surface area contributed by atoms with Gasteiger partial charge in [-0.25, -0.2) is 23.7 Å². The van der Waals surface area contributed by atoms with Crippen LogP contribution in [-0.4, -0.2) is 39.0 Å². The number of rotatable bonds is 2. The first-order valence-corrected chi connectivity index (χ1v) is 10.1. The van der Waals surface area contributed by atoms with Crippen molar-refractivity contribution in [3.8, 4) is 0 Å². The number of fused-ring (bicyclic) bond motifs is 1. The predicted octanol–water partition coefficient (Wildman–Crippen LogP) is 2.84. The van der Waals surface area contributed by atoms with Crippen molar-refractivity contribution in [2.75, 3.05) is 23.7 Å². The molecule has 28 heavy (non-hydrogen) atoms. The van der Waals surface area contributed by atoms with Crippen molar-refractivity contribution < 1.29 is 8.78 Å². The average Bonchev–Trinajstić information content (AvgIpc) is 3.01. The molecule has 2 aliphatic rings. The van der Waals surface area contributed by atoms with Crippen LogP contribution < -0.4 is 10.6 Å². The zero-order chi connectivity index (χ0) is 20.1. The number of nitrogens with two attached hydrogens (primary N) is 1. The van der Waals surface area contributed by atoms with Crippen molar-refractivity contribution in [3.63, 3.8) is 0 Å². The molecule has 0 amide bonds. The van der Waals surface area contributed by atoms with Crippen molar-refractivity contribution in [2.24, 2.45) is 16.6 Å². The number of halogens is 2. The van der Waals surface area contributed by atoms with Gasteiger partial charge >= 0.3 is 0 Å². The largest absolute Gasteiger partial charge is 0.379 e. The molecular weight excluding hydrogens is 382 g/mol. The number of anilines is 1. The lowest BCUT2D eigenvalue weighted by molar-refractivity contribution is 0.376. The predicted molar refractivity (Wildman–Crippen MR) is 106 cm³/mol. The second-order valence-corrected chi connectivity index (χ2v) is 9.28. The second kappa shape index (κ2) is 6.65. The van der Waals surface area contributed by atoms with E-state index in [1.54, 1.807) is 6.07 Å². The van der Waals surface area contributed by atoms with Crippen molar-refractivity contribution in [1.82, 2.24) is 15.0 Å². The molecule has 6 nitrogen and oxygen atoms in total. The first-order valence-electron chi connectivity index (χ1n) is 9.07. The van der Waals surface area contributed by atoms with Crippen LogP contribution in [0.1, 0.15) is 32.2 Å². The van der Waals surface area contributed by atoms with Gasteiger partial charge in [-0.2, -0.15) is 0 Å². The Balaban J connectivity index is 1.75. The minimum Gasteiger partial charge on any atom is -0.379 e. The van der Waals surface area contributed by atoms with E-state index in [4.69, 9.17) is 10.7 Å². The van der Waals surface area contributed by atoms with Gasteiger partial charge in [-0.1, -0.05) is 32.5 Å². The van der Waals surface area contributed by atoms with Crippen LogP contribution >= 0.6 is 11.8 Å². The number of thioether (sulfide) groups is 1. The van der Waals surface area contributed by atoms with E-state index in [2.05, 4.69) is 15.0 Å². The number of hydrogen-bond donors (Lipinski definition) is 1. The third kappa shape index (κ3) is 3.21. The lowest BCUT2D eigenvalue weighted by Gasteiger charge is -2.33. The zero-order valence-corrected chi connectivity index (χ0v) is 16.8. The first-order chi connectivity index (χ1) is 13.2. The average molecular weight is 404 g/mol. The Labute approximate surface area is 166 Å². The third-order valence-corrected chi connectivity index (χ3v) is 6.14. The minimum absolute atomic E-state index is 0.106. The van der Waals surface area contributed by atoms with Crippen LogP contribution in [-0.2, 0) is 11.0 Å². The Bertz CT molecular complexity index is 927. The number of amidine groups is 1. The summed E-state index contributed by atoms with van der Waals surface area (Å²) in [5, 5.41) is 0.486. The number of pyridine rings is 1. The van der Waals surface area contributed by atoms with Gasteiger partial charge in [0.1, 0.15) is 11.4 Å². The summed E-state index contributed by atoms with van der Waals surface area (Å²) in [6.45, 7) is 6.83. The molecular formula is C19H22F2N6S. The molecule has 1 saturated heterocycles. The maximum Gasteiger partial charge on any atom is 0.225 e. The van der Waals surface area contributed by atoms with E-state index in [9.17, 15) is 8.78 Å². The number of aromatic nitrogens is 3. The van der Waals surface area contributed by atoms with E-state index >= 15 is 0 Å². The summed E-state index contributed by atoms with van der Waals surface area (Å²) in [4.78, 5) is 19.8. The smallest absolute Gasteiger partial charge is 0.225 e. The van der Waals surface area contributed by atoms with E-state index in [1.807, 2.05) is 25.7 Å². The van der Waals surface area contributed by atoms with Gasteiger partial charge in [0.2, 0.25) is 5.95 Å². The molecule has 0 aliphatic carbocycles. The molecule has 2 aromatic rings. The summed E-state index contributed by atoms with van der Waals surface area (Å²) in [5.41, 5.74) is 5.95. The van der Waals surface area contributed by atoms with Crippen LogP contribution in [0, 0.1) is 17.6 Å². The summed E-state index contributed by atoms with van der Waals surface area (Å²) < 4.78 is 27.7. The summed E-state index contributed by atoms with van der Waals surface area (Å²) >= 11 is 1.50. The maximum absolute atomic E-state index is 14.2. The lowest BCUT2D eigenvalue weighted by Crippen LogP contribution is -2.40. The highest BCUT2D eigenvalue weighted by molar-refractivity contribution is 8.13. The molecule has 0 aromatic carbocycles. The van der Waals surface area contributed by atoms with Crippen molar-refractivity contribution in [3.05, 3.63) is 47.5 Å². The molecule has 0 spiro atoms. The highest BCUT2D eigenvalue weighted by atomic mass is 32.2. The monoisotopic (exact) mass is 404 g/mol. The minimum atomic E-state index is -0.692. The Morgan fingerprint density at radius 1 is 1.21 bits per heavy atom. The molecule has 2 N–H and O–H groups in total. The molecule has 4 rings (SSSR count). The van der Waals surface area contributed by atoms with Crippen molar-refractivity contribution in [2.45, 2.75) is 31.7 Å². The van der Waals surface area contributed by atoms with Gasteiger partial charge in [-0.05, 0) is 12.1 Å². The SMILES string of the molecule is CC(C)(C)c1nc(N2CC3CSC(N)=NC3(c3ccc(F)cn3)C2)ncc1F. The van der Waals surface area contributed by atoms with Gasteiger partial charge < -0.3 is 10.6 Å². The molecule has 4 heterocycles. The summed E-state index contributed by atoms with van der Waals surface area (Å²) in [7, 11) is 0. The molecule has 2 aliphatic heterocycles. The van der Waals surface area contributed by atoms with Crippen LogP contribution in [0.4, 0.5) is 14.7 Å². The van der Waals surface area contributed by atoms with E-state index in [-0.39, 0.29) is 5.92 Å². The molecule has 2 unspecified atom stereocenters. The van der Waals surface area contributed by atoms with Crippen molar-refractivity contribution in [1.29, 1.82) is 0 Å². The lowest BCUT2D eigenvalue weighted by atomic mass is 9.85. The fourth-order valence-electron chi connectivity index (χ4n) is 3.80. The Morgan fingerprint density at radius 2 is 2.00 bits per heavy atom. The molecule has 0 radical (unpaired) electrons. The Morgan fingerprint density at radius 3 is 2.68 bits per heavy atom. The fourth-order valence-corrected chi connectivity index (χ4v) is 4.78. The van der Waals surface area contributed by atoms with E-state index in [0.29, 0.717) is 35.6 Å². The van der Waals surface area contributed by atoms with Crippen LogP contribution in [0.2, 0.25) is 0 Å². The van der Waals surface area contributed by atoms with Gasteiger partial charge in [-0.15, -0.1) is 0 Å². The first kappa shape index (κ1) is 19.0.